The molecule has 0 bridgehead atoms. The first-order valence-electron chi connectivity index (χ1n) is 5.98. The normalized spacial score (nSPS) is 9.65. The van der Waals surface area contributed by atoms with Gasteiger partial charge in [0.05, 0.1) is 0 Å². The minimum Gasteiger partial charge on any atom is -0.120 e. The molecule has 0 saturated carbocycles. The molecule has 0 aromatic rings. The van der Waals surface area contributed by atoms with Crippen LogP contribution in [-0.2, 0) is 0 Å². The number of hydrogen-bond donors (Lipinski definition) is 0. The molecule has 0 aromatic carbocycles. The van der Waals surface area contributed by atoms with Crippen molar-refractivity contribution in [1.82, 2.24) is 0 Å². The van der Waals surface area contributed by atoms with E-state index in [1.54, 1.807) is 0 Å². The molecule has 0 unspecified atom stereocenters. The van der Waals surface area contributed by atoms with Gasteiger partial charge in [-0.2, -0.15) is 0 Å². The molecule has 0 amide bonds. The maximum atomic E-state index is 5.35. The summed E-state index contributed by atoms with van der Waals surface area (Å²) in [6.07, 6.45) is 28.3. The Morgan fingerprint density at radius 3 is 0.941 bits per heavy atom. The van der Waals surface area contributed by atoms with E-state index in [1.807, 2.05) is 0 Å². The molecule has 0 N–H and O–H groups in total. The third kappa shape index (κ3) is 6.41. The highest BCUT2D eigenvalue weighted by Crippen LogP contribution is 2.39. The summed E-state index contributed by atoms with van der Waals surface area (Å²) in [4.78, 5) is 0. The van der Waals surface area contributed by atoms with E-state index in [9.17, 15) is 0 Å². The molecule has 0 aliphatic carbocycles. The van der Waals surface area contributed by atoms with Crippen molar-refractivity contribution in [2.24, 2.45) is 5.41 Å². The molecule has 0 heteroatoms. The van der Waals surface area contributed by atoms with Crippen molar-refractivity contribution in [2.45, 2.75) is 51.4 Å². The van der Waals surface area contributed by atoms with Gasteiger partial charge in [0.15, 0.2) is 0 Å². The van der Waals surface area contributed by atoms with Gasteiger partial charge in [-0.1, -0.05) is 0 Å². The second-order valence-electron chi connectivity index (χ2n) is 4.32. The summed E-state index contributed by atoms with van der Waals surface area (Å²) in [6, 6.07) is 0. The lowest BCUT2D eigenvalue weighted by atomic mass is 9.72. The van der Waals surface area contributed by atoms with E-state index in [0.29, 0.717) is 0 Å². The summed E-state index contributed by atoms with van der Waals surface area (Å²) < 4.78 is 0. The lowest BCUT2D eigenvalue weighted by Crippen LogP contribution is -2.20. The Morgan fingerprint density at radius 2 is 0.765 bits per heavy atom. The zero-order valence-electron chi connectivity index (χ0n) is 10.5. The molecule has 0 atom stereocenters. The van der Waals surface area contributed by atoms with Crippen molar-refractivity contribution in [2.75, 3.05) is 0 Å². The van der Waals surface area contributed by atoms with Gasteiger partial charge in [0.1, 0.15) is 0 Å². The van der Waals surface area contributed by atoms with Crippen molar-refractivity contribution in [3.05, 3.63) is 0 Å². The predicted octanol–water partition coefficient (Wildman–Crippen LogP) is 3.63. The van der Waals surface area contributed by atoms with Crippen molar-refractivity contribution in [1.29, 1.82) is 0 Å². The Kier molecular flexibility index (Phi) is 8.48. The third-order valence-corrected chi connectivity index (χ3v) is 3.20. The van der Waals surface area contributed by atoms with Gasteiger partial charge in [-0.05, 0) is 31.1 Å². The molecule has 0 aliphatic rings. The van der Waals surface area contributed by atoms with E-state index in [2.05, 4.69) is 23.7 Å². The van der Waals surface area contributed by atoms with Crippen LogP contribution in [0.15, 0.2) is 0 Å². The fraction of sp³-hybridized carbons (Fsp3) is 0.529. The summed E-state index contributed by atoms with van der Waals surface area (Å²) in [5.41, 5.74) is 0.136. The third-order valence-electron chi connectivity index (χ3n) is 3.20. The summed E-state index contributed by atoms with van der Waals surface area (Å²) in [5.74, 6) is 10.8. The first-order chi connectivity index (χ1) is 8.24. The molecule has 0 radical (unpaired) electrons. The number of terminal acetylenes is 4. The first-order valence-corrected chi connectivity index (χ1v) is 5.98. The van der Waals surface area contributed by atoms with Crippen LogP contribution in [-0.4, -0.2) is 0 Å². The zero-order valence-corrected chi connectivity index (χ0v) is 10.5. The molecule has 0 nitrogen and oxygen atoms in total. The number of hydrogen-bond acceptors (Lipinski definition) is 0. The van der Waals surface area contributed by atoms with Crippen LogP contribution in [0.1, 0.15) is 51.4 Å². The summed E-state index contributed by atoms with van der Waals surface area (Å²) in [5, 5.41) is 0. The van der Waals surface area contributed by atoms with Gasteiger partial charge >= 0.3 is 0 Å². The van der Waals surface area contributed by atoms with E-state index >= 15 is 0 Å². The molecule has 0 heterocycles. The van der Waals surface area contributed by atoms with E-state index < -0.39 is 0 Å². The minimum absolute atomic E-state index is 0.136. The SMILES string of the molecule is C#CCCC(CCC#C)(CCC#C)CCC#C. The molecule has 0 saturated heterocycles. The molecule has 0 rings (SSSR count). The predicted molar refractivity (Wildman–Crippen MR) is 74.7 cm³/mol. The van der Waals surface area contributed by atoms with Gasteiger partial charge in [-0.3, -0.25) is 0 Å². The van der Waals surface area contributed by atoms with E-state index in [1.165, 1.54) is 0 Å². The topological polar surface area (TPSA) is 0 Å². The van der Waals surface area contributed by atoms with Crippen molar-refractivity contribution >= 4 is 0 Å². The van der Waals surface area contributed by atoms with Gasteiger partial charge in [0, 0.05) is 25.7 Å². The first kappa shape index (κ1) is 15.2. The van der Waals surface area contributed by atoms with Gasteiger partial charge in [-0.15, -0.1) is 49.4 Å². The molecular formula is C17H20. The quantitative estimate of drug-likeness (QED) is 0.552. The van der Waals surface area contributed by atoms with Crippen LogP contribution >= 0.6 is 0 Å². The Hall–Kier alpha value is -1.76. The maximum Gasteiger partial charge on any atom is 0.00913 e. The second-order valence-corrected chi connectivity index (χ2v) is 4.32. The largest absolute Gasteiger partial charge is 0.120 e. The fourth-order valence-electron chi connectivity index (χ4n) is 2.10. The average Bonchev–Trinajstić information content (AvgIpc) is 2.37. The number of rotatable bonds is 8. The highest BCUT2D eigenvalue weighted by atomic mass is 14.3. The van der Waals surface area contributed by atoms with E-state index in [4.69, 9.17) is 25.7 Å². The molecular weight excluding hydrogens is 204 g/mol. The van der Waals surface area contributed by atoms with Crippen molar-refractivity contribution in [3.63, 3.8) is 0 Å². The van der Waals surface area contributed by atoms with Crippen LogP contribution in [0.25, 0.3) is 0 Å². The van der Waals surface area contributed by atoms with Crippen LogP contribution in [0.3, 0.4) is 0 Å². The molecule has 0 fully saturated rings. The molecule has 17 heavy (non-hydrogen) atoms. The van der Waals surface area contributed by atoms with Gasteiger partial charge in [0.2, 0.25) is 0 Å². The van der Waals surface area contributed by atoms with Crippen LogP contribution < -0.4 is 0 Å². The van der Waals surface area contributed by atoms with Crippen LogP contribution in [0.4, 0.5) is 0 Å². The molecule has 0 aromatic heterocycles. The van der Waals surface area contributed by atoms with Crippen molar-refractivity contribution in [3.8, 4) is 49.4 Å². The monoisotopic (exact) mass is 224 g/mol. The summed E-state index contributed by atoms with van der Waals surface area (Å²) in [6.45, 7) is 0. The van der Waals surface area contributed by atoms with Crippen LogP contribution in [0, 0.1) is 54.8 Å². The zero-order chi connectivity index (χ0) is 13.0. The molecule has 0 spiro atoms. The van der Waals surface area contributed by atoms with Gasteiger partial charge < -0.3 is 0 Å². The standard InChI is InChI=1S/C17H20/c1-5-9-13-17(14-10-6-2,15-11-7-3)16-12-8-4/h1-4H,9-16H2. The highest BCUT2D eigenvalue weighted by molar-refractivity contribution is 4.97. The van der Waals surface area contributed by atoms with E-state index in [-0.39, 0.29) is 5.41 Å². The molecule has 88 valence electrons. The second kappa shape index (κ2) is 9.46. The lowest BCUT2D eigenvalue weighted by Gasteiger charge is -2.32. The average molecular weight is 224 g/mol. The van der Waals surface area contributed by atoms with Gasteiger partial charge in [-0.25, -0.2) is 0 Å². The fourth-order valence-corrected chi connectivity index (χ4v) is 2.10. The van der Waals surface area contributed by atoms with Crippen molar-refractivity contribution < 1.29 is 0 Å². The van der Waals surface area contributed by atoms with Crippen LogP contribution in [0.5, 0.6) is 0 Å². The summed E-state index contributed by atoms with van der Waals surface area (Å²) >= 11 is 0. The smallest absolute Gasteiger partial charge is 0.00913 e. The summed E-state index contributed by atoms with van der Waals surface area (Å²) in [7, 11) is 0. The Morgan fingerprint density at radius 1 is 0.529 bits per heavy atom. The van der Waals surface area contributed by atoms with E-state index in [0.717, 1.165) is 51.4 Å². The minimum atomic E-state index is 0.136. The Bertz CT molecular complexity index is 281. The highest BCUT2D eigenvalue weighted by Gasteiger charge is 2.27. The molecule has 0 aliphatic heterocycles. The Balaban J connectivity index is 4.67. The Labute approximate surface area is 107 Å². The van der Waals surface area contributed by atoms with Crippen LogP contribution in [0.2, 0.25) is 0 Å². The van der Waals surface area contributed by atoms with Gasteiger partial charge in [0.25, 0.3) is 0 Å². The lowest BCUT2D eigenvalue weighted by molar-refractivity contribution is 0.210. The maximum absolute atomic E-state index is 5.35.